The highest BCUT2D eigenvalue weighted by Crippen LogP contribution is 2.18. The van der Waals surface area contributed by atoms with Crippen molar-refractivity contribution in [1.29, 1.82) is 0 Å². The number of nitrogens with zero attached hydrogens (tertiary/aromatic N) is 2. The molecule has 1 aliphatic heterocycles. The Morgan fingerprint density at radius 3 is 2.36 bits per heavy atom. The third kappa shape index (κ3) is 1.99. The van der Waals surface area contributed by atoms with Gasteiger partial charge < -0.3 is 9.64 Å². The van der Waals surface area contributed by atoms with Crippen molar-refractivity contribution in [3.63, 3.8) is 0 Å². The van der Waals surface area contributed by atoms with Crippen LogP contribution in [0.25, 0.3) is 0 Å². The second-order valence-corrected chi connectivity index (χ2v) is 3.34. The van der Waals surface area contributed by atoms with Gasteiger partial charge in [-0.25, -0.2) is 0 Å². The van der Waals surface area contributed by atoms with Gasteiger partial charge in [0.25, 0.3) is 0 Å². The molecule has 2 rings (SSSR count). The molecule has 1 saturated heterocycles. The molecule has 1 radical (unpaired) electrons. The van der Waals surface area contributed by atoms with Crippen LogP contribution in [0.2, 0.25) is 0 Å². The Balaban J connectivity index is 2.07. The summed E-state index contributed by atoms with van der Waals surface area (Å²) < 4.78 is 5.31. The molecule has 1 aromatic rings. The molecular formula is C11H15N2O. The Bertz CT molecular complexity index is 278. The van der Waals surface area contributed by atoms with Gasteiger partial charge in [-0.2, -0.15) is 0 Å². The quantitative estimate of drug-likeness (QED) is 0.706. The third-order valence-corrected chi connectivity index (χ3v) is 2.48. The number of hydrogen-bond donors (Lipinski definition) is 0. The molecule has 1 aliphatic rings. The van der Waals surface area contributed by atoms with E-state index in [-0.39, 0.29) is 0 Å². The SMILES string of the molecule is C[N]c1ccc(N2CCOCC2)cc1. The van der Waals surface area contributed by atoms with Gasteiger partial charge in [0.2, 0.25) is 0 Å². The first-order valence-electron chi connectivity index (χ1n) is 4.93. The topological polar surface area (TPSA) is 26.6 Å². The zero-order chi connectivity index (χ0) is 9.80. The third-order valence-electron chi connectivity index (χ3n) is 2.48. The smallest absolute Gasteiger partial charge is 0.0642 e. The Kier molecular flexibility index (Phi) is 2.89. The number of ether oxygens (including phenoxy) is 1. The molecule has 3 heteroatoms. The second kappa shape index (κ2) is 4.33. The van der Waals surface area contributed by atoms with E-state index in [0.29, 0.717) is 0 Å². The van der Waals surface area contributed by atoms with E-state index in [1.54, 1.807) is 0 Å². The lowest BCUT2D eigenvalue weighted by atomic mass is 10.2. The Morgan fingerprint density at radius 1 is 1.14 bits per heavy atom. The molecule has 1 heterocycles. The van der Waals surface area contributed by atoms with Crippen LogP contribution >= 0.6 is 0 Å². The summed E-state index contributed by atoms with van der Waals surface area (Å²) in [6.45, 7) is 3.64. The molecule has 0 aliphatic carbocycles. The van der Waals surface area contributed by atoms with Crippen molar-refractivity contribution in [3.8, 4) is 0 Å². The average Bonchev–Trinajstić information content (AvgIpc) is 2.30. The summed E-state index contributed by atoms with van der Waals surface area (Å²) in [5.74, 6) is 0. The summed E-state index contributed by atoms with van der Waals surface area (Å²) in [7, 11) is 1.81. The van der Waals surface area contributed by atoms with Crippen molar-refractivity contribution in [2.45, 2.75) is 0 Å². The van der Waals surface area contributed by atoms with Crippen LogP contribution < -0.4 is 10.2 Å². The average molecular weight is 191 g/mol. The van der Waals surface area contributed by atoms with Crippen molar-refractivity contribution in [3.05, 3.63) is 24.3 Å². The molecule has 75 valence electrons. The molecule has 1 fully saturated rings. The van der Waals surface area contributed by atoms with E-state index in [9.17, 15) is 0 Å². The lowest BCUT2D eigenvalue weighted by Gasteiger charge is -2.28. The number of rotatable bonds is 2. The lowest BCUT2D eigenvalue weighted by molar-refractivity contribution is 0.122. The molecule has 0 saturated carbocycles. The Labute approximate surface area is 84.7 Å². The molecule has 0 atom stereocenters. The first-order valence-corrected chi connectivity index (χ1v) is 4.93. The largest absolute Gasteiger partial charge is 0.378 e. The number of morpholine rings is 1. The minimum absolute atomic E-state index is 0.833. The van der Waals surface area contributed by atoms with Gasteiger partial charge in [-0.3, -0.25) is 5.32 Å². The fourth-order valence-corrected chi connectivity index (χ4v) is 1.63. The van der Waals surface area contributed by atoms with E-state index in [0.717, 1.165) is 32.0 Å². The normalized spacial score (nSPS) is 16.8. The van der Waals surface area contributed by atoms with Crippen LogP contribution in [0.5, 0.6) is 0 Å². The minimum Gasteiger partial charge on any atom is -0.378 e. The van der Waals surface area contributed by atoms with E-state index in [1.807, 2.05) is 19.2 Å². The fraction of sp³-hybridized carbons (Fsp3) is 0.455. The van der Waals surface area contributed by atoms with Crippen LogP contribution in [0.15, 0.2) is 24.3 Å². The van der Waals surface area contributed by atoms with E-state index in [4.69, 9.17) is 4.74 Å². The summed E-state index contributed by atoms with van der Waals surface area (Å²) in [6, 6.07) is 8.33. The monoisotopic (exact) mass is 191 g/mol. The van der Waals surface area contributed by atoms with Gasteiger partial charge in [0, 0.05) is 25.8 Å². The summed E-state index contributed by atoms with van der Waals surface area (Å²) in [5.41, 5.74) is 2.29. The van der Waals surface area contributed by atoms with Crippen LogP contribution in [-0.2, 0) is 4.74 Å². The summed E-state index contributed by atoms with van der Waals surface area (Å²) in [6.07, 6.45) is 0. The molecule has 0 unspecified atom stereocenters. The van der Waals surface area contributed by atoms with E-state index in [2.05, 4.69) is 22.3 Å². The van der Waals surface area contributed by atoms with Crippen molar-refractivity contribution < 1.29 is 4.74 Å². The van der Waals surface area contributed by atoms with Crippen molar-refractivity contribution in [2.75, 3.05) is 38.3 Å². The molecule has 0 amide bonds. The first kappa shape index (κ1) is 9.34. The first-order chi connectivity index (χ1) is 6.90. The Morgan fingerprint density at radius 2 is 1.79 bits per heavy atom. The Hall–Kier alpha value is -1.22. The highest BCUT2D eigenvalue weighted by Gasteiger charge is 2.10. The van der Waals surface area contributed by atoms with Crippen LogP contribution in [0.3, 0.4) is 0 Å². The zero-order valence-electron chi connectivity index (χ0n) is 8.44. The van der Waals surface area contributed by atoms with E-state index < -0.39 is 0 Å². The van der Waals surface area contributed by atoms with E-state index in [1.165, 1.54) is 5.69 Å². The van der Waals surface area contributed by atoms with Crippen molar-refractivity contribution in [1.82, 2.24) is 5.32 Å². The summed E-state index contributed by atoms with van der Waals surface area (Å²) in [5, 5.41) is 4.11. The van der Waals surface area contributed by atoms with Gasteiger partial charge in [-0.1, -0.05) is 0 Å². The molecular weight excluding hydrogens is 176 g/mol. The maximum Gasteiger partial charge on any atom is 0.0642 e. The fourth-order valence-electron chi connectivity index (χ4n) is 1.63. The standard InChI is InChI=1S/C11H15N2O/c1-12-10-2-4-11(5-3-10)13-6-8-14-9-7-13/h2-5H,6-9H2,1H3. The van der Waals surface area contributed by atoms with Gasteiger partial charge in [-0.15, -0.1) is 0 Å². The van der Waals surface area contributed by atoms with Crippen LogP contribution in [0, 0.1) is 0 Å². The predicted molar refractivity (Wildman–Crippen MR) is 57.2 cm³/mol. The van der Waals surface area contributed by atoms with Gasteiger partial charge in [0.05, 0.1) is 18.9 Å². The minimum atomic E-state index is 0.833. The van der Waals surface area contributed by atoms with Crippen LogP contribution in [-0.4, -0.2) is 33.4 Å². The van der Waals surface area contributed by atoms with Gasteiger partial charge in [0.1, 0.15) is 0 Å². The maximum absolute atomic E-state index is 5.31. The molecule has 0 aromatic heterocycles. The number of anilines is 1. The number of hydrogen-bond acceptors (Lipinski definition) is 2. The van der Waals surface area contributed by atoms with Gasteiger partial charge in [-0.05, 0) is 24.3 Å². The molecule has 0 bridgehead atoms. The van der Waals surface area contributed by atoms with Crippen molar-refractivity contribution >= 4 is 11.4 Å². The van der Waals surface area contributed by atoms with Crippen LogP contribution in [0.1, 0.15) is 0 Å². The maximum atomic E-state index is 5.31. The van der Waals surface area contributed by atoms with E-state index >= 15 is 0 Å². The zero-order valence-corrected chi connectivity index (χ0v) is 8.44. The van der Waals surface area contributed by atoms with Crippen LogP contribution in [0.4, 0.5) is 11.4 Å². The number of benzene rings is 1. The van der Waals surface area contributed by atoms with Gasteiger partial charge >= 0.3 is 0 Å². The predicted octanol–water partition coefficient (Wildman–Crippen LogP) is 1.39. The van der Waals surface area contributed by atoms with Crippen molar-refractivity contribution in [2.24, 2.45) is 0 Å². The summed E-state index contributed by atoms with van der Waals surface area (Å²) in [4.78, 5) is 2.34. The highest BCUT2D eigenvalue weighted by molar-refractivity contribution is 5.52. The summed E-state index contributed by atoms with van der Waals surface area (Å²) >= 11 is 0. The highest BCUT2D eigenvalue weighted by atomic mass is 16.5. The molecule has 1 aromatic carbocycles. The lowest BCUT2D eigenvalue weighted by Crippen LogP contribution is -2.36. The molecule has 14 heavy (non-hydrogen) atoms. The molecule has 0 spiro atoms. The molecule has 0 N–H and O–H groups in total. The van der Waals surface area contributed by atoms with Gasteiger partial charge in [0.15, 0.2) is 0 Å². The molecule has 3 nitrogen and oxygen atoms in total. The second-order valence-electron chi connectivity index (χ2n) is 3.34.